The van der Waals surface area contributed by atoms with Crippen molar-refractivity contribution in [2.24, 2.45) is 5.92 Å². The minimum Gasteiger partial charge on any atom is -0.352 e. The highest BCUT2D eigenvalue weighted by Gasteiger charge is 2.13. The van der Waals surface area contributed by atoms with E-state index in [1.165, 1.54) is 0 Å². The molecule has 1 N–H and O–H groups in total. The number of amides is 1. The number of hydrogen-bond donors (Lipinski definition) is 1. The van der Waals surface area contributed by atoms with Crippen LogP contribution >= 0.6 is 0 Å². The van der Waals surface area contributed by atoms with Gasteiger partial charge in [0.1, 0.15) is 0 Å². The van der Waals surface area contributed by atoms with Crippen molar-refractivity contribution in [2.45, 2.75) is 39.7 Å². The molecule has 0 fully saturated rings. The van der Waals surface area contributed by atoms with Gasteiger partial charge in [0, 0.05) is 24.9 Å². The molecule has 2 aromatic rings. The molecule has 5 nitrogen and oxygen atoms in total. The zero-order valence-corrected chi connectivity index (χ0v) is 13.6. The average molecular weight is 310 g/mol. The van der Waals surface area contributed by atoms with Crippen LogP contribution in [0.25, 0.3) is 5.82 Å². The van der Waals surface area contributed by atoms with E-state index in [0.29, 0.717) is 18.9 Å². The molecular weight excluding hydrogens is 288 g/mol. The zero-order chi connectivity index (χ0) is 16.2. The summed E-state index contributed by atoms with van der Waals surface area (Å²) in [6, 6.07) is 5.93. The lowest BCUT2D eigenvalue weighted by Gasteiger charge is -2.09. The van der Waals surface area contributed by atoms with E-state index in [0.717, 1.165) is 35.6 Å². The first kappa shape index (κ1) is 15.5. The third kappa shape index (κ3) is 3.86. The van der Waals surface area contributed by atoms with Crippen LogP contribution in [0.4, 0.5) is 0 Å². The van der Waals surface area contributed by atoms with E-state index in [1.54, 1.807) is 6.20 Å². The Morgan fingerprint density at radius 1 is 1.39 bits per heavy atom. The predicted molar refractivity (Wildman–Crippen MR) is 89.2 cm³/mol. The monoisotopic (exact) mass is 310 g/mol. The lowest BCUT2D eigenvalue weighted by atomic mass is 10.1. The molecule has 3 rings (SSSR count). The van der Waals surface area contributed by atoms with Crippen molar-refractivity contribution in [1.82, 2.24) is 20.1 Å². The third-order valence-electron chi connectivity index (χ3n) is 4.09. The Hall–Kier alpha value is -2.43. The Labute approximate surface area is 136 Å². The van der Waals surface area contributed by atoms with Gasteiger partial charge in [-0.15, -0.1) is 0 Å². The summed E-state index contributed by atoms with van der Waals surface area (Å²) >= 11 is 0. The van der Waals surface area contributed by atoms with Crippen LogP contribution < -0.4 is 5.32 Å². The second-order valence-electron chi connectivity index (χ2n) is 6.11. The van der Waals surface area contributed by atoms with Crippen molar-refractivity contribution in [3.05, 3.63) is 53.5 Å². The largest absolute Gasteiger partial charge is 0.352 e. The molecule has 1 amide bonds. The molecule has 0 radical (unpaired) electrons. The van der Waals surface area contributed by atoms with Crippen molar-refractivity contribution in [2.75, 3.05) is 0 Å². The van der Waals surface area contributed by atoms with Gasteiger partial charge in [-0.25, -0.2) is 9.67 Å². The fraction of sp³-hybridized carbons (Fsp3) is 0.389. The maximum Gasteiger partial charge on any atom is 0.220 e. The molecule has 23 heavy (non-hydrogen) atoms. The Morgan fingerprint density at radius 3 is 2.87 bits per heavy atom. The smallest absolute Gasteiger partial charge is 0.220 e. The predicted octanol–water partition coefficient (Wildman–Crippen LogP) is 2.86. The highest BCUT2D eigenvalue weighted by atomic mass is 16.1. The van der Waals surface area contributed by atoms with Gasteiger partial charge in [-0.3, -0.25) is 4.79 Å². The van der Waals surface area contributed by atoms with E-state index >= 15 is 0 Å². The Balaban J connectivity index is 1.56. The summed E-state index contributed by atoms with van der Waals surface area (Å²) in [7, 11) is 0. The number of hydrogen-bond acceptors (Lipinski definition) is 3. The summed E-state index contributed by atoms with van der Waals surface area (Å²) in [6.45, 7) is 4.49. The first-order valence-electron chi connectivity index (χ1n) is 8.04. The second-order valence-corrected chi connectivity index (χ2v) is 6.11. The number of pyridine rings is 1. The summed E-state index contributed by atoms with van der Waals surface area (Å²) in [5, 5.41) is 7.39. The maximum atomic E-state index is 11.9. The quantitative estimate of drug-likeness (QED) is 0.864. The molecule has 120 valence electrons. The number of nitrogens with zero attached hydrogens (tertiary/aromatic N) is 3. The van der Waals surface area contributed by atoms with Gasteiger partial charge in [-0.1, -0.05) is 18.2 Å². The molecule has 5 heteroatoms. The number of aryl methyl sites for hydroxylation is 2. The Kier molecular flexibility index (Phi) is 4.55. The van der Waals surface area contributed by atoms with Gasteiger partial charge in [0.2, 0.25) is 5.91 Å². The molecule has 0 saturated heterocycles. The van der Waals surface area contributed by atoms with Crippen molar-refractivity contribution >= 4 is 5.91 Å². The van der Waals surface area contributed by atoms with Gasteiger partial charge in [0.05, 0.1) is 5.69 Å². The van der Waals surface area contributed by atoms with Crippen LogP contribution in [0.3, 0.4) is 0 Å². The summed E-state index contributed by atoms with van der Waals surface area (Å²) < 4.78 is 1.82. The minimum absolute atomic E-state index is 0.101. The van der Waals surface area contributed by atoms with Gasteiger partial charge in [0.25, 0.3) is 0 Å². The second kappa shape index (κ2) is 6.77. The number of aromatic nitrogens is 3. The van der Waals surface area contributed by atoms with Crippen LogP contribution in [0.15, 0.2) is 36.5 Å². The molecule has 0 saturated carbocycles. The van der Waals surface area contributed by atoms with Crippen molar-refractivity contribution in [3.8, 4) is 5.82 Å². The highest BCUT2D eigenvalue weighted by Crippen LogP contribution is 2.20. The molecule has 1 atom stereocenters. The molecule has 2 heterocycles. The lowest BCUT2D eigenvalue weighted by molar-refractivity contribution is -0.121. The minimum atomic E-state index is 0.101. The van der Waals surface area contributed by atoms with Gasteiger partial charge >= 0.3 is 0 Å². The Morgan fingerprint density at radius 2 is 2.26 bits per heavy atom. The molecule has 2 aromatic heterocycles. The third-order valence-corrected chi connectivity index (χ3v) is 4.09. The number of rotatable bonds is 5. The van der Waals surface area contributed by atoms with Crippen LogP contribution in [-0.4, -0.2) is 20.7 Å². The summed E-state index contributed by atoms with van der Waals surface area (Å²) in [5.74, 6) is 1.30. The fourth-order valence-electron chi connectivity index (χ4n) is 2.88. The van der Waals surface area contributed by atoms with E-state index in [-0.39, 0.29) is 5.91 Å². The highest BCUT2D eigenvalue weighted by molar-refractivity contribution is 5.76. The molecule has 0 bridgehead atoms. The molecule has 1 aliphatic carbocycles. The zero-order valence-electron chi connectivity index (χ0n) is 13.6. The van der Waals surface area contributed by atoms with Gasteiger partial charge in [-0.2, -0.15) is 5.10 Å². The normalized spacial score (nSPS) is 16.7. The first-order valence-corrected chi connectivity index (χ1v) is 8.04. The van der Waals surface area contributed by atoms with Crippen LogP contribution in [0.1, 0.15) is 36.2 Å². The summed E-state index contributed by atoms with van der Waals surface area (Å²) in [4.78, 5) is 16.4. The first-order chi connectivity index (χ1) is 11.1. The summed E-state index contributed by atoms with van der Waals surface area (Å²) in [6.07, 6.45) is 8.85. The number of allylic oxidation sites excluding steroid dienone is 2. The molecule has 0 aromatic carbocycles. The van der Waals surface area contributed by atoms with Crippen LogP contribution in [0.5, 0.6) is 0 Å². The van der Waals surface area contributed by atoms with Gasteiger partial charge in [0.15, 0.2) is 5.82 Å². The van der Waals surface area contributed by atoms with E-state index in [4.69, 9.17) is 0 Å². The maximum absolute atomic E-state index is 11.9. The van der Waals surface area contributed by atoms with Crippen molar-refractivity contribution < 1.29 is 4.79 Å². The van der Waals surface area contributed by atoms with Gasteiger partial charge < -0.3 is 5.32 Å². The van der Waals surface area contributed by atoms with Crippen LogP contribution in [0, 0.1) is 19.8 Å². The van der Waals surface area contributed by atoms with E-state index < -0.39 is 0 Å². The number of carbonyl (C=O) groups excluding carboxylic acids is 1. The number of carbonyl (C=O) groups is 1. The number of nitrogens with one attached hydrogen (secondary N) is 1. The SMILES string of the molecule is Cc1cc(C)n(-c2ccc(CNC(=O)C[C@@H]3C=CCC3)cn2)n1. The summed E-state index contributed by atoms with van der Waals surface area (Å²) in [5.41, 5.74) is 3.02. The Bertz CT molecular complexity index is 715. The lowest BCUT2D eigenvalue weighted by Crippen LogP contribution is -2.24. The van der Waals surface area contributed by atoms with Crippen LogP contribution in [-0.2, 0) is 11.3 Å². The molecule has 0 aliphatic heterocycles. The van der Waals surface area contributed by atoms with Crippen molar-refractivity contribution in [3.63, 3.8) is 0 Å². The van der Waals surface area contributed by atoms with E-state index in [2.05, 4.69) is 27.6 Å². The van der Waals surface area contributed by atoms with Crippen molar-refractivity contribution in [1.29, 1.82) is 0 Å². The molecule has 0 unspecified atom stereocenters. The van der Waals surface area contributed by atoms with Crippen LogP contribution in [0.2, 0.25) is 0 Å². The van der Waals surface area contributed by atoms with E-state index in [9.17, 15) is 4.79 Å². The van der Waals surface area contributed by atoms with E-state index in [1.807, 2.05) is 36.7 Å². The molecule has 1 aliphatic rings. The average Bonchev–Trinajstić information content (AvgIpc) is 3.15. The fourth-order valence-corrected chi connectivity index (χ4v) is 2.88. The topological polar surface area (TPSA) is 59.8 Å². The standard InChI is InChI=1S/C18H22N4O/c1-13-9-14(2)22(21-13)17-8-7-16(11-19-17)12-20-18(23)10-15-5-3-4-6-15/h3,5,7-9,11,15H,4,6,10,12H2,1-2H3,(H,20,23)/t15-/m1/s1. The van der Waals surface area contributed by atoms with Gasteiger partial charge in [-0.05, 0) is 50.3 Å². The molecular formula is C18H22N4O. The molecule has 0 spiro atoms.